The Hall–Kier alpha value is -6.72. The number of aryl methyl sites for hydroxylation is 1. The normalized spacial score (nSPS) is 11.7. The third-order valence-electron chi connectivity index (χ3n) is 9.93. The van der Waals surface area contributed by atoms with Gasteiger partial charge in [0.1, 0.15) is 5.82 Å². The van der Waals surface area contributed by atoms with Gasteiger partial charge in [0.2, 0.25) is 0 Å². The Kier molecular flexibility index (Phi) is 6.71. The highest BCUT2D eigenvalue weighted by Crippen LogP contribution is 2.39. The minimum Gasteiger partial charge on any atom is -0.296 e. The largest absolute Gasteiger partial charge is 0.296 e. The first-order chi connectivity index (χ1) is 25.2. The predicted molar refractivity (Wildman–Crippen MR) is 210 cm³/mol. The zero-order valence-corrected chi connectivity index (χ0v) is 28.0. The molecule has 0 radical (unpaired) electrons. The van der Waals surface area contributed by atoms with E-state index in [1.54, 1.807) is 0 Å². The summed E-state index contributed by atoms with van der Waals surface area (Å²) in [7, 11) is 0. The second kappa shape index (κ2) is 11.7. The van der Waals surface area contributed by atoms with E-state index in [1.165, 1.54) is 10.8 Å². The van der Waals surface area contributed by atoms with Gasteiger partial charge in [-0.15, -0.1) is 0 Å². The van der Waals surface area contributed by atoms with E-state index in [-0.39, 0.29) is 0 Å². The molecule has 0 unspecified atom stereocenters. The maximum Gasteiger partial charge on any atom is 0.160 e. The molecule has 5 nitrogen and oxygen atoms in total. The van der Waals surface area contributed by atoms with E-state index in [0.717, 1.165) is 89.6 Å². The number of pyridine rings is 1. The van der Waals surface area contributed by atoms with Gasteiger partial charge in [-0.05, 0) is 52.6 Å². The molecule has 0 saturated heterocycles. The Balaban J connectivity index is 1.15. The average Bonchev–Trinajstić information content (AvgIpc) is 3.59. The highest BCUT2D eigenvalue weighted by molar-refractivity contribution is 6.20. The minimum atomic E-state index is 0.691. The molecule has 240 valence electrons. The average molecular weight is 654 g/mol. The molecule has 0 N–H and O–H groups in total. The van der Waals surface area contributed by atoms with Crippen LogP contribution in [0.25, 0.3) is 94.0 Å². The standard InChI is InChI=1S/C46H31N5/c1-2-41-49-45-40(51(41)34-14-4-3-5-15-34)27-26-36-35-16-8-10-18-38(35)47-44(42(36)45)30-21-23-31(24-22-30)46-48-39-19-11-9-17-37(39)43(50-46)33-25-20-29-12-6-7-13-32(29)28-33/h3-28H,2H2,1H3. The van der Waals surface area contributed by atoms with Crippen LogP contribution in [0.4, 0.5) is 0 Å². The summed E-state index contributed by atoms with van der Waals surface area (Å²) in [6.45, 7) is 2.16. The smallest absolute Gasteiger partial charge is 0.160 e. The lowest BCUT2D eigenvalue weighted by Crippen LogP contribution is -1.99. The SMILES string of the molecule is CCc1nc2c3c(-c4ccc(-c5nc(-c6ccc7ccccc7c6)c6ccccc6n5)cc4)nc4ccccc4c3ccc2n1-c1ccccc1. The molecule has 5 heteroatoms. The highest BCUT2D eigenvalue weighted by Gasteiger charge is 2.20. The van der Waals surface area contributed by atoms with Crippen LogP contribution in [-0.2, 0) is 6.42 Å². The number of para-hydroxylation sites is 3. The maximum atomic E-state index is 5.30. The van der Waals surface area contributed by atoms with Crippen LogP contribution in [0.3, 0.4) is 0 Å². The first kappa shape index (κ1) is 29.2. The number of benzene rings is 7. The van der Waals surface area contributed by atoms with Gasteiger partial charge in [0.05, 0.1) is 33.5 Å². The molecule has 0 fully saturated rings. The van der Waals surface area contributed by atoms with Gasteiger partial charge in [0.15, 0.2) is 5.82 Å². The Morgan fingerprint density at radius 1 is 0.471 bits per heavy atom. The fraction of sp³-hybridized carbons (Fsp3) is 0.0435. The Bertz CT molecular complexity index is 2940. The van der Waals surface area contributed by atoms with E-state index >= 15 is 0 Å². The van der Waals surface area contributed by atoms with Gasteiger partial charge in [0, 0.05) is 45.0 Å². The molecule has 0 aliphatic carbocycles. The van der Waals surface area contributed by atoms with E-state index in [9.17, 15) is 0 Å². The molecule has 0 saturated carbocycles. The minimum absolute atomic E-state index is 0.691. The van der Waals surface area contributed by atoms with Crippen LogP contribution >= 0.6 is 0 Å². The monoisotopic (exact) mass is 653 g/mol. The van der Waals surface area contributed by atoms with E-state index in [2.05, 4.69) is 163 Å². The quantitative estimate of drug-likeness (QED) is 0.173. The van der Waals surface area contributed by atoms with Crippen molar-refractivity contribution in [3.8, 4) is 39.6 Å². The van der Waals surface area contributed by atoms with Crippen molar-refractivity contribution < 1.29 is 0 Å². The van der Waals surface area contributed by atoms with Crippen molar-refractivity contribution >= 4 is 54.4 Å². The number of nitrogens with zero attached hydrogens (tertiary/aromatic N) is 5. The maximum absolute atomic E-state index is 5.30. The molecule has 3 aromatic heterocycles. The Morgan fingerprint density at radius 3 is 1.94 bits per heavy atom. The van der Waals surface area contributed by atoms with Gasteiger partial charge in [-0.3, -0.25) is 4.57 Å². The molecular formula is C46H31N5. The molecule has 51 heavy (non-hydrogen) atoms. The summed E-state index contributed by atoms with van der Waals surface area (Å²) in [5.74, 6) is 1.71. The van der Waals surface area contributed by atoms with E-state index in [4.69, 9.17) is 19.9 Å². The van der Waals surface area contributed by atoms with Crippen molar-refractivity contribution in [2.45, 2.75) is 13.3 Å². The van der Waals surface area contributed by atoms with Crippen LogP contribution in [0.2, 0.25) is 0 Å². The van der Waals surface area contributed by atoms with Crippen LogP contribution in [0.1, 0.15) is 12.7 Å². The molecular weight excluding hydrogens is 623 g/mol. The summed E-state index contributed by atoms with van der Waals surface area (Å²) in [6.07, 6.45) is 0.809. The molecule has 7 aromatic carbocycles. The fourth-order valence-electron chi connectivity index (χ4n) is 7.48. The Labute approximate surface area is 294 Å². The highest BCUT2D eigenvalue weighted by atomic mass is 15.1. The molecule has 0 aliphatic heterocycles. The van der Waals surface area contributed by atoms with E-state index in [0.29, 0.717) is 5.82 Å². The molecule has 0 atom stereocenters. The van der Waals surface area contributed by atoms with E-state index in [1.807, 2.05) is 6.07 Å². The summed E-state index contributed by atoms with van der Waals surface area (Å²) < 4.78 is 2.28. The van der Waals surface area contributed by atoms with Crippen LogP contribution in [0, 0.1) is 0 Å². The van der Waals surface area contributed by atoms with Crippen LogP contribution in [-0.4, -0.2) is 24.5 Å². The second-order valence-corrected chi connectivity index (χ2v) is 12.9. The number of aromatic nitrogens is 5. The molecule has 0 amide bonds. The van der Waals surface area contributed by atoms with Crippen LogP contribution in [0.15, 0.2) is 158 Å². The summed E-state index contributed by atoms with van der Waals surface area (Å²) in [6, 6.07) is 55.1. The van der Waals surface area contributed by atoms with Crippen molar-refractivity contribution in [1.29, 1.82) is 0 Å². The molecule has 10 aromatic rings. The number of hydrogen-bond donors (Lipinski definition) is 0. The first-order valence-corrected chi connectivity index (χ1v) is 17.4. The van der Waals surface area contributed by atoms with E-state index < -0.39 is 0 Å². The number of hydrogen-bond acceptors (Lipinski definition) is 4. The first-order valence-electron chi connectivity index (χ1n) is 17.4. The summed E-state index contributed by atoms with van der Waals surface area (Å²) in [5.41, 5.74) is 9.90. The topological polar surface area (TPSA) is 56.5 Å². The molecule has 0 bridgehead atoms. The predicted octanol–water partition coefficient (Wildman–Crippen LogP) is 11.4. The molecule has 10 rings (SSSR count). The van der Waals surface area contributed by atoms with Gasteiger partial charge in [-0.1, -0.05) is 128 Å². The fourth-order valence-corrected chi connectivity index (χ4v) is 7.48. The zero-order valence-electron chi connectivity index (χ0n) is 28.0. The van der Waals surface area contributed by atoms with Crippen molar-refractivity contribution in [1.82, 2.24) is 24.5 Å². The number of rotatable bonds is 5. The lowest BCUT2D eigenvalue weighted by atomic mass is 9.98. The van der Waals surface area contributed by atoms with Crippen LogP contribution < -0.4 is 0 Å². The molecule has 3 heterocycles. The Morgan fingerprint density at radius 2 is 1.14 bits per heavy atom. The third kappa shape index (κ3) is 4.77. The van der Waals surface area contributed by atoms with Crippen LogP contribution in [0.5, 0.6) is 0 Å². The van der Waals surface area contributed by atoms with Gasteiger partial charge in [0.25, 0.3) is 0 Å². The lowest BCUT2D eigenvalue weighted by molar-refractivity contribution is 0.908. The second-order valence-electron chi connectivity index (χ2n) is 12.9. The number of fused-ring (bicyclic) bond motifs is 7. The van der Waals surface area contributed by atoms with Crippen molar-refractivity contribution in [3.63, 3.8) is 0 Å². The zero-order chi connectivity index (χ0) is 33.9. The van der Waals surface area contributed by atoms with Crippen molar-refractivity contribution in [2.24, 2.45) is 0 Å². The molecule has 0 aliphatic rings. The summed E-state index contributed by atoms with van der Waals surface area (Å²) in [5, 5.41) is 6.75. The van der Waals surface area contributed by atoms with Gasteiger partial charge in [-0.25, -0.2) is 19.9 Å². The third-order valence-corrected chi connectivity index (χ3v) is 9.93. The summed E-state index contributed by atoms with van der Waals surface area (Å²) >= 11 is 0. The van der Waals surface area contributed by atoms with Gasteiger partial charge < -0.3 is 0 Å². The summed E-state index contributed by atoms with van der Waals surface area (Å²) in [4.78, 5) is 20.8. The lowest BCUT2D eigenvalue weighted by Gasteiger charge is -2.13. The number of imidazole rings is 1. The van der Waals surface area contributed by atoms with Gasteiger partial charge in [-0.2, -0.15) is 0 Å². The molecule has 0 spiro atoms. The van der Waals surface area contributed by atoms with Crippen molar-refractivity contribution in [3.05, 3.63) is 164 Å². The van der Waals surface area contributed by atoms with Gasteiger partial charge >= 0.3 is 0 Å². The van der Waals surface area contributed by atoms with Crippen molar-refractivity contribution in [2.75, 3.05) is 0 Å².